The smallest absolute Gasteiger partial charge is 0.126 e. The maximum absolute atomic E-state index is 13.3. The van der Waals surface area contributed by atoms with Gasteiger partial charge >= 0.3 is 0 Å². The number of benzene rings is 1. The lowest BCUT2D eigenvalue weighted by atomic mass is 9.90. The molecule has 0 radical (unpaired) electrons. The minimum atomic E-state index is -0.159. The second kappa shape index (κ2) is 4.96. The summed E-state index contributed by atoms with van der Waals surface area (Å²) >= 11 is 1.95. The van der Waals surface area contributed by atoms with Gasteiger partial charge < -0.3 is 0 Å². The van der Waals surface area contributed by atoms with Crippen LogP contribution in [0, 0.1) is 12.7 Å². The van der Waals surface area contributed by atoms with E-state index in [-0.39, 0.29) is 16.6 Å². The summed E-state index contributed by atoms with van der Waals surface area (Å²) in [5, 5.41) is 0. The highest BCUT2D eigenvalue weighted by Gasteiger charge is 2.38. The van der Waals surface area contributed by atoms with Gasteiger partial charge in [0.1, 0.15) is 5.82 Å². The van der Waals surface area contributed by atoms with Gasteiger partial charge in [0, 0.05) is 4.75 Å². The third-order valence-electron chi connectivity index (χ3n) is 3.54. The molecular weight excluding hydrogens is 235 g/mol. The third kappa shape index (κ3) is 2.49. The molecule has 0 bridgehead atoms. The largest absolute Gasteiger partial charge is 0.271 e. The zero-order chi connectivity index (χ0) is 12.5. The minimum Gasteiger partial charge on any atom is -0.271 e. The number of nitrogens with two attached hydrogens (primary N) is 1. The van der Waals surface area contributed by atoms with Crippen LogP contribution in [0.4, 0.5) is 4.39 Å². The van der Waals surface area contributed by atoms with Gasteiger partial charge in [-0.25, -0.2) is 4.39 Å². The average molecular weight is 254 g/mol. The van der Waals surface area contributed by atoms with Crippen molar-refractivity contribution in [2.24, 2.45) is 5.84 Å². The standard InChI is InChI=1S/C13H19FN2S/c1-9-8-10(4-5-11(9)14)12(16-15)13(2)6-3-7-17-13/h4-5,8,12,16H,3,6-7,15H2,1-2H3. The molecule has 2 nitrogen and oxygen atoms in total. The van der Waals surface area contributed by atoms with Crippen LogP contribution in [0.25, 0.3) is 0 Å². The van der Waals surface area contributed by atoms with Crippen LogP contribution in [-0.2, 0) is 0 Å². The van der Waals surface area contributed by atoms with Crippen molar-refractivity contribution in [1.29, 1.82) is 0 Å². The molecule has 1 aliphatic rings. The molecule has 2 rings (SSSR count). The molecule has 3 N–H and O–H groups in total. The first kappa shape index (κ1) is 12.9. The number of thioether (sulfide) groups is 1. The first-order valence-electron chi connectivity index (χ1n) is 5.93. The fourth-order valence-corrected chi connectivity index (χ4v) is 3.92. The van der Waals surface area contributed by atoms with E-state index in [2.05, 4.69) is 12.3 Å². The van der Waals surface area contributed by atoms with Crippen LogP contribution in [0.2, 0.25) is 0 Å². The van der Waals surface area contributed by atoms with E-state index in [0.717, 1.165) is 12.0 Å². The molecule has 17 heavy (non-hydrogen) atoms. The Morgan fingerprint density at radius 2 is 2.29 bits per heavy atom. The Kier molecular flexibility index (Phi) is 3.76. The van der Waals surface area contributed by atoms with E-state index < -0.39 is 0 Å². The summed E-state index contributed by atoms with van der Waals surface area (Å²) in [6, 6.07) is 5.33. The molecule has 1 aromatic carbocycles. The number of aryl methyl sites for hydroxylation is 1. The summed E-state index contributed by atoms with van der Waals surface area (Å²) < 4.78 is 13.4. The lowest BCUT2D eigenvalue weighted by Gasteiger charge is -2.33. The van der Waals surface area contributed by atoms with Crippen LogP contribution in [0.1, 0.15) is 36.9 Å². The zero-order valence-corrected chi connectivity index (χ0v) is 11.1. The summed E-state index contributed by atoms with van der Waals surface area (Å²) in [5.74, 6) is 6.72. The second-order valence-electron chi connectivity index (χ2n) is 4.87. The molecule has 1 aromatic rings. The topological polar surface area (TPSA) is 38.0 Å². The molecule has 0 amide bonds. The van der Waals surface area contributed by atoms with Gasteiger partial charge in [0.15, 0.2) is 0 Å². The van der Waals surface area contributed by atoms with Crippen LogP contribution >= 0.6 is 11.8 Å². The van der Waals surface area contributed by atoms with Crippen LogP contribution in [0.15, 0.2) is 18.2 Å². The fourth-order valence-electron chi connectivity index (χ4n) is 2.50. The summed E-state index contributed by atoms with van der Waals surface area (Å²) in [6.45, 7) is 4.02. The predicted molar refractivity (Wildman–Crippen MR) is 71.3 cm³/mol. The number of rotatable bonds is 3. The molecule has 4 heteroatoms. The number of hydrazine groups is 1. The van der Waals surface area contributed by atoms with Crippen LogP contribution in [-0.4, -0.2) is 10.5 Å². The maximum Gasteiger partial charge on any atom is 0.126 e. The molecule has 1 fully saturated rings. The van der Waals surface area contributed by atoms with Gasteiger partial charge in [0.2, 0.25) is 0 Å². The van der Waals surface area contributed by atoms with Gasteiger partial charge in [-0.1, -0.05) is 12.1 Å². The van der Waals surface area contributed by atoms with Crippen molar-refractivity contribution in [1.82, 2.24) is 5.43 Å². The van der Waals surface area contributed by atoms with Crippen LogP contribution in [0.5, 0.6) is 0 Å². The molecule has 94 valence electrons. The zero-order valence-electron chi connectivity index (χ0n) is 10.3. The van der Waals surface area contributed by atoms with E-state index in [1.807, 2.05) is 23.9 Å². The third-order valence-corrected chi connectivity index (χ3v) is 5.13. The Balaban J connectivity index is 2.31. The molecule has 0 saturated carbocycles. The van der Waals surface area contributed by atoms with Gasteiger partial charge in [-0.2, -0.15) is 11.8 Å². The predicted octanol–water partition coefficient (Wildman–Crippen LogP) is 2.92. The average Bonchev–Trinajstić information content (AvgIpc) is 2.72. The Labute approximate surface area is 106 Å². The lowest BCUT2D eigenvalue weighted by molar-refractivity contribution is 0.420. The molecule has 1 heterocycles. The fraction of sp³-hybridized carbons (Fsp3) is 0.538. The Morgan fingerprint density at radius 1 is 1.53 bits per heavy atom. The molecule has 0 aliphatic carbocycles. The van der Waals surface area contributed by atoms with Crippen molar-refractivity contribution in [3.63, 3.8) is 0 Å². The highest BCUT2D eigenvalue weighted by Crippen LogP contribution is 2.46. The number of halogens is 1. The molecule has 2 atom stereocenters. The van der Waals surface area contributed by atoms with Crippen LogP contribution in [0.3, 0.4) is 0 Å². The monoisotopic (exact) mass is 254 g/mol. The van der Waals surface area contributed by atoms with Gasteiger partial charge in [0.25, 0.3) is 0 Å². The molecular formula is C13H19FN2S. The van der Waals surface area contributed by atoms with Crippen molar-refractivity contribution in [2.75, 3.05) is 5.75 Å². The summed E-state index contributed by atoms with van der Waals surface area (Å²) in [7, 11) is 0. The molecule has 1 aliphatic heterocycles. The van der Waals surface area contributed by atoms with Crippen molar-refractivity contribution >= 4 is 11.8 Å². The Hall–Kier alpha value is -0.580. The van der Waals surface area contributed by atoms with Crippen molar-refractivity contribution in [3.05, 3.63) is 35.1 Å². The van der Waals surface area contributed by atoms with Gasteiger partial charge in [0.05, 0.1) is 6.04 Å². The van der Waals surface area contributed by atoms with E-state index in [1.165, 1.54) is 18.2 Å². The molecule has 1 saturated heterocycles. The molecule has 2 unspecified atom stereocenters. The van der Waals surface area contributed by atoms with Crippen molar-refractivity contribution in [3.8, 4) is 0 Å². The first-order chi connectivity index (χ1) is 8.07. The normalized spacial score (nSPS) is 26.1. The SMILES string of the molecule is Cc1cc(C(NN)C2(C)CCCS2)ccc1F. The Morgan fingerprint density at radius 3 is 2.82 bits per heavy atom. The molecule has 0 aromatic heterocycles. The number of hydrogen-bond donors (Lipinski definition) is 2. The van der Waals surface area contributed by atoms with E-state index in [9.17, 15) is 4.39 Å². The quantitative estimate of drug-likeness (QED) is 0.643. The number of hydrogen-bond acceptors (Lipinski definition) is 3. The Bertz CT molecular complexity index is 402. The first-order valence-corrected chi connectivity index (χ1v) is 6.91. The van der Waals surface area contributed by atoms with Gasteiger partial charge in [-0.15, -0.1) is 0 Å². The van der Waals surface area contributed by atoms with E-state index >= 15 is 0 Å². The summed E-state index contributed by atoms with van der Waals surface area (Å²) in [6.07, 6.45) is 2.36. The van der Waals surface area contributed by atoms with Crippen molar-refractivity contribution in [2.45, 2.75) is 37.5 Å². The van der Waals surface area contributed by atoms with E-state index in [4.69, 9.17) is 5.84 Å². The van der Waals surface area contributed by atoms with E-state index in [0.29, 0.717) is 5.56 Å². The van der Waals surface area contributed by atoms with E-state index in [1.54, 1.807) is 6.92 Å². The second-order valence-corrected chi connectivity index (χ2v) is 6.50. The van der Waals surface area contributed by atoms with Gasteiger partial charge in [-0.3, -0.25) is 11.3 Å². The molecule has 0 spiro atoms. The minimum absolute atomic E-state index is 0.0781. The highest BCUT2D eigenvalue weighted by molar-refractivity contribution is 8.00. The van der Waals surface area contributed by atoms with Gasteiger partial charge in [-0.05, 0) is 49.6 Å². The maximum atomic E-state index is 13.3. The lowest BCUT2D eigenvalue weighted by Crippen LogP contribution is -2.41. The van der Waals surface area contributed by atoms with Crippen LogP contribution < -0.4 is 11.3 Å². The highest BCUT2D eigenvalue weighted by atomic mass is 32.2. The number of nitrogens with one attached hydrogen (secondary N) is 1. The summed E-state index contributed by atoms with van der Waals surface area (Å²) in [4.78, 5) is 0. The van der Waals surface area contributed by atoms with Crippen molar-refractivity contribution < 1.29 is 4.39 Å². The summed E-state index contributed by atoms with van der Waals surface area (Å²) in [5.41, 5.74) is 4.65.